The Morgan fingerprint density at radius 2 is 1.65 bits per heavy atom. The Morgan fingerprint density at radius 3 is 2.40 bits per heavy atom. The summed E-state index contributed by atoms with van der Waals surface area (Å²) in [6, 6.07) is 9.91. The molecule has 2 aliphatic heterocycles. The Labute approximate surface area is 244 Å². The van der Waals surface area contributed by atoms with Crippen molar-refractivity contribution in [2.24, 2.45) is 0 Å². The fourth-order valence-electron chi connectivity index (χ4n) is 5.28. The molecule has 5 aromatic rings. The Morgan fingerprint density at radius 1 is 0.953 bits per heavy atom. The van der Waals surface area contributed by atoms with Crippen molar-refractivity contribution >= 4 is 39.0 Å². The van der Waals surface area contributed by atoms with E-state index < -0.39 is 35.0 Å². The second kappa shape index (κ2) is 9.61. The molecule has 1 saturated heterocycles. The summed E-state index contributed by atoms with van der Waals surface area (Å²) >= 11 is 0. The number of rotatable bonds is 7. The molecule has 2 N–H and O–H groups in total. The predicted molar refractivity (Wildman–Crippen MR) is 154 cm³/mol. The molecule has 3 atom stereocenters. The molecule has 0 saturated carbocycles. The molecule has 1 fully saturated rings. The Balaban J connectivity index is 1.17. The standard InChI is InChI=1S/C32H30O11/c1-30(2,35)25(33)15-38-29-18-7-10-32(41-24(18)14-22-20(29)9-12-37-22)42-26(31(3,4)43-32)16-39-28-17-5-6-27(34)40-23(17)13-21-19(28)8-11-36-21/h5-14,25-26,33,35H,15-16H2,1-4H3. The lowest BCUT2D eigenvalue weighted by Crippen LogP contribution is -2.40. The normalized spacial score (nSPS) is 21.9. The number of furan rings is 2. The van der Waals surface area contributed by atoms with Gasteiger partial charge in [0.2, 0.25) is 0 Å². The molecular weight excluding hydrogens is 560 g/mol. The molecule has 0 radical (unpaired) electrons. The van der Waals surface area contributed by atoms with Crippen LogP contribution in [0.2, 0.25) is 0 Å². The van der Waals surface area contributed by atoms with Gasteiger partial charge in [-0.25, -0.2) is 4.79 Å². The van der Waals surface area contributed by atoms with Gasteiger partial charge in [0.05, 0.1) is 45.5 Å². The van der Waals surface area contributed by atoms with Gasteiger partial charge in [-0.3, -0.25) is 0 Å². The van der Waals surface area contributed by atoms with Gasteiger partial charge in [0.1, 0.15) is 59.4 Å². The van der Waals surface area contributed by atoms with Crippen molar-refractivity contribution in [1.29, 1.82) is 0 Å². The first-order valence-electron chi connectivity index (χ1n) is 13.8. The molecule has 0 bridgehead atoms. The maximum atomic E-state index is 11.8. The summed E-state index contributed by atoms with van der Waals surface area (Å²) in [5, 5.41) is 22.5. The van der Waals surface area contributed by atoms with Gasteiger partial charge in [-0.1, -0.05) is 0 Å². The summed E-state index contributed by atoms with van der Waals surface area (Å²) in [6.45, 7) is 6.70. The van der Waals surface area contributed by atoms with Crippen LogP contribution in [0, 0.1) is 0 Å². The van der Waals surface area contributed by atoms with Crippen LogP contribution in [0.3, 0.4) is 0 Å². The van der Waals surface area contributed by atoms with Crippen LogP contribution in [0.15, 0.2) is 73.0 Å². The lowest BCUT2D eigenvalue weighted by atomic mass is 10.0. The quantitative estimate of drug-likeness (QED) is 0.244. The number of fused-ring (bicyclic) bond motifs is 4. The predicted octanol–water partition coefficient (Wildman–Crippen LogP) is 5.13. The Kier molecular flexibility index (Phi) is 6.16. The zero-order chi connectivity index (χ0) is 30.1. The largest absolute Gasteiger partial charge is 0.489 e. The van der Waals surface area contributed by atoms with E-state index in [0.29, 0.717) is 50.3 Å². The highest BCUT2D eigenvalue weighted by atomic mass is 16.9. The lowest BCUT2D eigenvalue weighted by molar-refractivity contribution is -0.271. The molecule has 0 amide bonds. The summed E-state index contributed by atoms with van der Waals surface area (Å²) in [5.41, 5.74) is -0.708. The molecule has 2 aliphatic rings. The molecule has 7 rings (SSSR count). The molecule has 2 aromatic carbocycles. The van der Waals surface area contributed by atoms with Gasteiger partial charge in [0.15, 0.2) is 0 Å². The molecule has 11 heteroatoms. The van der Waals surface area contributed by atoms with Crippen LogP contribution in [0.25, 0.3) is 39.0 Å². The minimum atomic E-state index is -1.56. The van der Waals surface area contributed by atoms with Crippen LogP contribution < -0.4 is 19.8 Å². The van der Waals surface area contributed by atoms with E-state index >= 15 is 0 Å². The number of aliphatic hydroxyl groups is 2. The molecule has 11 nitrogen and oxygen atoms in total. The first kappa shape index (κ1) is 27.5. The zero-order valence-corrected chi connectivity index (χ0v) is 23.9. The summed E-state index contributed by atoms with van der Waals surface area (Å²) in [5.74, 6) is -0.254. The van der Waals surface area contributed by atoms with Gasteiger partial charge in [-0.15, -0.1) is 0 Å². The third-order valence-electron chi connectivity index (χ3n) is 7.79. The van der Waals surface area contributed by atoms with Crippen LogP contribution in [0.1, 0.15) is 33.3 Å². The summed E-state index contributed by atoms with van der Waals surface area (Å²) in [6.07, 6.45) is 4.79. The maximum Gasteiger partial charge on any atom is 0.350 e. The Bertz CT molecular complexity index is 1940. The van der Waals surface area contributed by atoms with E-state index in [1.54, 1.807) is 48.7 Å². The second-order valence-corrected chi connectivity index (χ2v) is 11.8. The van der Waals surface area contributed by atoms with E-state index in [4.69, 9.17) is 36.9 Å². The topological polar surface area (TPSA) is 143 Å². The van der Waals surface area contributed by atoms with Crippen LogP contribution in [-0.4, -0.2) is 52.8 Å². The van der Waals surface area contributed by atoms with E-state index in [1.807, 2.05) is 13.8 Å². The van der Waals surface area contributed by atoms with Gasteiger partial charge in [-0.05, 0) is 52.0 Å². The van der Waals surface area contributed by atoms with Gasteiger partial charge in [0.25, 0.3) is 0 Å². The number of benzene rings is 2. The maximum absolute atomic E-state index is 11.8. The van der Waals surface area contributed by atoms with E-state index in [0.717, 1.165) is 5.39 Å². The van der Waals surface area contributed by atoms with Gasteiger partial charge < -0.3 is 47.1 Å². The molecule has 224 valence electrons. The Hall–Kier alpha value is -4.29. The first-order chi connectivity index (χ1) is 20.4. The van der Waals surface area contributed by atoms with Crippen LogP contribution in [-0.2, 0) is 9.47 Å². The van der Waals surface area contributed by atoms with E-state index in [1.165, 1.54) is 26.2 Å². The SMILES string of the molecule is CC(C)(O)C(O)COc1c2c(cc3occc13)OC1(C=C2)OC(COc2c3ccoc3cc3oc(=O)ccc23)C(C)(C)O1. The molecule has 0 aliphatic carbocycles. The molecule has 5 heterocycles. The van der Waals surface area contributed by atoms with Crippen LogP contribution >= 0.6 is 0 Å². The van der Waals surface area contributed by atoms with Crippen molar-refractivity contribution in [2.45, 2.75) is 57.1 Å². The van der Waals surface area contributed by atoms with Crippen molar-refractivity contribution in [1.82, 2.24) is 0 Å². The highest BCUT2D eigenvalue weighted by molar-refractivity contribution is 6.01. The van der Waals surface area contributed by atoms with E-state index in [9.17, 15) is 15.0 Å². The highest BCUT2D eigenvalue weighted by Gasteiger charge is 2.55. The molecule has 43 heavy (non-hydrogen) atoms. The fraction of sp³-hybridized carbons (Fsp3) is 0.344. The van der Waals surface area contributed by atoms with Crippen molar-refractivity contribution in [3.8, 4) is 17.2 Å². The van der Waals surface area contributed by atoms with Gasteiger partial charge in [-0.2, -0.15) is 0 Å². The molecule has 3 aromatic heterocycles. The highest BCUT2D eigenvalue weighted by Crippen LogP contribution is 2.48. The smallest absolute Gasteiger partial charge is 0.350 e. The third kappa shape index (κ3) is 4.74. The van der Waals surface area contributed by atoms with Gasteiger partial charge >= 0.3 is 11.6 Å². The average Bonchev–Trinajstić information content (AvgIpc) is 3.65. The summed E-state index contributed by atoms with van der Waals surface area (Å²) < 4.78 is 47.9. The van der Waals surface area contributed by atoms with Crippen LogP contribution in [0.5, 0.6) is 17.2 Å². The van der Waals surface area contributed by atoms with Gasteiger partial charge in [0, 0.05) is 24.3 Å². The van der Waals surface area contributed by atoms with Crippen LogP contribution in [0.4, 0.5) is 0 Å². The number of hydrogen-bond acceptors (Lipinski definition) is 11. The van der Waals surface area contributed by atoms with Crippen molar-refractivity contribution in [3.05, 3.63) is 71.0 Å². The van der Waals surface area contributed by atoms with E-state index in [2.05, 4.69) is 0 Å². The van der Waals surface area contributed by atoms with Crippen molar-refractivity contribution < 1.29 is 47.1 Å². The minimum Gasteiger partial charge on any atom is -0.489 e. The second-order valence-electron chi connectivity index (χ2n) is 11.8. The number of ether oxygens (including phenoxy) is 5. The van der Waals surface area contributed by atoms with Crippen molar-refractivity contribution in [2.75, 3.05) is 13.2 Å². The minimum absolute atomic E-state index is 0.0811. The monoisotopic (exact) mass is 590 g/mol. The number of hydrogen-bond donors (Lipinski definition) is 2. The zero-order valence-electron chi connectivity index (χ0n) is 23.9. The molecule has 1 spiro atoms. The van der Waals surface area contributed by atoms with Crippen molar-refractivity contribution in [3.63, 3.8) is 0 Å². The summed E-state index contributed by atoms with van der Waals surface area (Å²) in [4.78, 5) is 11.8. The lowest BCUT2D eigenvalue weighted by Gasteiger charge is -2.31. The third-order valence-corrected chi connectivity index (χ3v) is 7.79. The fourth-order valence-corrected chi connectivity index (χ4v) is 5.28. The first-order valence-corrected chi connectivity index (χ1v) is 13.8. The molecule has 3 unspecified atom stereocenters. The number of aliphatic hydroxyl groups excluding tert-OH is 1. The average molecular weight is 591 g/mol. The van der Waals surface area contributed by atoms with E-state index in [-0.39, 0.29) is 13.2 Å². The summed E-state index contributed by atoms with van der Waals surface area (Å²) in [7, 11) is 0. The molecular formula is C32H30O11.